The third kappa shape index (κ3) is 2.79. The molecule has 21 heavy (non-hydrogen) atoms. The molecule has 0 fully saturated rings. The molecule has 6 heteroatoms. The van der Waals surface area contributed by atoms with Crippen LogP contribution in [0, 0.1) is 0 Å². The fraction of sp³-hybridized carbons (Fsp3) is 0.133. The van der Waals surface area contributed by atoms with E-state index in [1.165, 1.54) is 17.1 Å². The third-order valence-electron chi connectivity index (χ3n) is 3.25. The topological polar surface area (TPSA) is 68.0 Å². The lowest BCUT2D eigenvalue weighted by molar-refractivity contribution is 0.155. The van der Waals surface area contributed by atoms with Crippen LogP contribution in [0.4, 0.5) is 0 Å². The summed E-state index contributed by atoms with van der Waals surface area (Å²) in [6.45, 7) is 0.131. The zero-order chi connectivity index (χ0) is 14.8. The summed E-state index contributed by atoms with van der Waals surface area (Å²) in [5.41, 5.74) is 1.04. The Labute approximate surface area is 125 Å². The molecule has 0 bridgehead atoms. The molecule has 3 rings (SSSR count). The van der Waals surface area contributed by atoms with Crippen molar-refractivity contribution in [1.82, 2.24) is 14.5 Å². The first-order chi connectivity index (χ1) is 10.1. The highest BCUT2D eigenvalue weighted by molar-refractivity contribution is 6.30. The zero-order valence-electron chi connectivity index (χ0n) is 11.0. The van der Waals surface area contributed by atoms with Crippen LogP contribution in [0.2, 0.25) is 5.02 Å². The molecular formula is C15H12ClN3O2. The minimum absolute atomic E-state index is 0.131. The lowest BCUT2D eigenvalue weighted by Gasteiger charge is -2.13. The molecule has 0 saturated heterocycles. The Morgan fingerprint density at radius 3 is 2.76 bits per heavy atom. The molecule has 3 aromatic rings. The summed E-state index contributed by atoms with van der Waals surface area (Å²) in [6, 6.07) is 8.49. The fourth-order valence-electron chi connectivity index (χ4n) is 2.12. The van der Waals surface area contributed by atoms with Crippen LogP contribution >= 0.6 is 11.6 Å². The van der Waals surface area contributed by atoms with E-state index in [-0.39, 0.29) is 12.1 Å². The first kappa shape index (κ1) is 13.7. The number of fused-ring (bicyclic) bond motifs is 1. The standard InChI is InChI=1S/C15H12ClN3O2/c16-11-3-1-10(2-4-11)14(20)8-19-9-18-13-7-17-6-5-12(13)15(19)21/h1-7,9,14,20H,8H2/t14-/m1/s1. The SMILES string of the molecule is O=c1c2ccncc2ncn1C[C@@H](O)c1ccc(Cl)cc1. The summed E-state index contributed by atoms with van der Waals surface area (Å²) < 4.78 is 1.39. The van der Waals surface area contributed by atoms with Gasteiger partial charge in [0.05, 0.1) is 36.1 Å². The van der Waals surface area contributed by atoms with Crippen molar-refractivity contribution in [2.45, 2.75) is 12.6 Å². The highest BCUT2D eigenvalue weighted by Crippen LogP contribution is 2.17. The molecule has 0 aliphatic rings. The number of pyridine rings is 1. The summed E-state index contributed by atoms with van der Waals surface area (Å²) in [4.78, 5) is 20.4. The van der Waals surface area contributed by atoms with Crippen LogP contribution in [-0.2, 0) is 6.54 Å². The van der Waals surface area contributed by atoms with Crippen molar-refractivity contribution < 1.29 is 5.11 Å². The van der Waals surface area contributed by atoms with Crippen molar-refractivity contribution >= 4 is 22.5 Å². The summed E-state index contributed by atoms with van der Waals surface area (Å²) >= 11 is 5.81. The second kappa shape index (κ2) is 5.63. The minimum atomic E-state index is -0.805. The molecule has 0 aliphatic carbocycles. The van der Waals surface area contributed by atoms with E-state index in [1.807, 2.05) is 0 Å². The van der Waals surface area contributed by atoms with Crippen molar-refractivity contribution in [2.24, 2.45) is 0 Å². The first-order valence-electron chi connectivity index (χ1n) is 6.38. The quantitative estimate of drug-likeness (QED) is 0.805. The second-order valence-electron chi connectivity index (χ2n) is 4.66. The van der Waals surface area contributed by atoms with E-state index in [0.29, 0.717) is 21.5 Å². The van der Waals surface area contributed by atoms with Gasteiger partial charge in [-0.1, -0.05) is 23.7 Å². The van der Waals surface area contributed by atoms with Crippen LogP contribution in [-0.4, -0.2) is 19.6 Å². The van der Waals surface area contributed by atoms with Gasteiger partial charge in [-0.3, -0.25) is 14.3 Å². The normalized spacial score (nSPS) is 12.5. The van der Waals surface area contributed by atoms with Crippen LogP contribution in [0.3, 0.4) is 0 Å². The highest BCUT2D eigenvalue weighted by atomic mass is 35.5. The summed E-state index contributed by atoms with van der Waals surface area (Å²) in [5, 5.41) is 11.3. The maximum atomic E-state index is 12.3. The lowest BCUT2D eigenvalue weighted by atomic mass is 10.1. The number of aliphatic hydroxyl groups is 1. The Hall–Kier alpha value is -2.24. The van der Waals surface area contributed by atoms with Crippen LogP contribution in [0.5, 0.6) is 0 Å². The van der Waals surface area contributed by atoms with Gasteiger partial charge in [0.2, 0.25) is 0 Å². The molecule has 2 heterocycles. The largest absolute Gasteiger partial charge is 0.387 e. The summed E-state index contributed by atoms with van der Waals surface area (Å²) in [7, 11) is 0. The molecule has 0 spiro atoms. The van der Waals surface area contributed by atoms with Crippen LogP contribution in [0.25, 0.3) is 10.9 Å². The number of nitrogens with zero attached hydrogens (tertiary/aromatic N) is 3. The number of hydrogen-bond donors (Lipinski definition) is 1. The van der Waals surface area contributed by atoms with E-state index < -0.39 is 6.10 Å². The predicted molar refractivity (Wildman–Crippen MR) is 80.2 cm³/mol. The Kier molecular flexibility index (Phi) is 3.68. The predicted octanol–water partition coefficient (Wildman–Crippen LogP) is 2.18. The average Bonchev–Trinajstić information content (AvgIpc) is 2.51. The average molecular weight is 302 g/mol. The number of halogens is 1. The van der Waals surface area contributed by atoms with Gasteiger partial charge in [0, 0.05) is 11.2 Å². The van der Waals surface area contributed by atoms with Crippen molar-refractivity contribution in [2.75, 3.05) is 0 Å². The van der Waals surface area contributed by atoms with Crippen LogP contribution in [0.1, 0.15) is 11.7 Å². The molecule has 1 N–H and O–H groups in total. The third-order valence-corrected chi connectivity index (χ3v) is 3.50. The molecule has 5 nitrogen and oxygen atoms in total. The Bertz CT molecular complexity index is 830. The number of hydrogen-bond acceptors (Lipinski definition) is 4. The zero-order valence-corrected chi connectivity index (χ0v) is 11.7. The molecule has 1 aromatic carbocycles. The first-order valence-corrected chi connectivity index (χ1v) is 6.75. The van der Waals surface area contributed by atoms with Gasteiger partial charge in [-0.05, 0) is 23.8 Å². The maximum Gasteiger partial charge on any atom is 0.261 e. The van der Waals surface area contributed by atoms with E-state index in [1.54, 1.807) is 36.5 Å². The fourth-order valence-corrected chi connectivity index (χ4v) is 2.24. The number of rotatable bonds is 3. The van der Waals surface area contributed by atoms with E-state index >= 15 is 0 Å². The van der Waals surface area contributed by atoms with Gasteiger partial charge in [-0.25, -0.2) is 4.98 Å². The Balaban J connectivity index is 1.93. The molecule has 1 atom stereocenters. The van der Waals surface area contributed by atoms with Crippen LogP contribution < -0.4 is 5.56 Å². The molecule has 0 unspecified atom stereocenters. The Morgan fingerprint density at radius 1 is 1.24 bits per heavy atom. The number of benzene rings is 1. The van der Waals surface area contributed by atoms with Crippen molar-refractivity contribution in [3.8, 4) is 0 Å². The van der Waals surface area contributed by atoms with E-state index in [9.17, 15) is 9.90 Å². The van der Waals surface area contributed by atoms with Crippen molar-refractivity contribution in [3.05, 3.63) is 70.0 Å². The molecule has 0 saturated carbocycles. The molecular weight excluding hydrogens is 290 g/mol. The van der Waals surface area contributed by atoms with Gasteiger partial charge in [0.25, 0.3) is 5.56 Å². The molecule has 0 radical (unpaired) electrons. The van der Waals surface area contributed by atoms with Gasteiger partial charge in [0.1, 0.15) is 0 Å². The molecule has 106 valence electrons. The van der Waals surface area contributed by atoms with Gasteiger partial charge >= 0.3 is 0 Å². The van der Waals surface area contributed by atoms with E-state index in [0.717, 1.165) is 0 Å². The van der Waals surface area contributed by atoms with Gasteiger partial charge in [-0.15, -0.1) is 0 Å². The smallest absolute Gasteiger partial charge is 0.261 e. The van der Waals surface area contributed by atoms with E-state index in [4.69, 9.17) is 11.6 Å². The van der Waals surface area contributed by atoms with E-state index in [2.05, 4.69) is 9.97 Å². The van der Waals surface area contributed by atoms with Gasteiger partial charge in [-0.2, -0.15) is 0 Å². The number of aliphatic hydroxyl groups excluding tert-OH is 1. The monoisotopic (exact) mass is 301 g/mol. The van der Waals surface area contributed by atoms with Gasteiger partial charge in [0.15, 0.2) is 0 Å². The lowest BCUT2D eigenvalue weighted by Crippen LogP contribution is -2.23. The molecule has 0 amide bonds. The summed E-state index contributed by atoms with van der Waals surface area (Å²) in [5.74, 6) is 0. The maximum absolute atomic E-state index is 12.3. The number of aromatic nitrogens is 3. The van der Waals surface area contributed by atoms with Gasteiger partial charge < -0.3 is 5.11 Å². The van der Waals surface area contributed by atoms with Crippen molar-refractivity contribution in [1.29, 1.82) is 0 Å². The highest BCUT2D eigenvalue weighted by Gasteiger charge is 2.11. The second-order valence-corrected chi connectivity index (χ2v) is 5.10. The Morgan fingerprint density at radius 2 is 2.00 bits per heavy atom. The van der Waals surface area contributed by atoms with Crippen LogP contribution in [0.15, 0.2) is 53.8 Å². The summed E-state index contributed by atoms with van der Waals surface area (Å²) in [6.07, 6.45) is 3.70. The van der Waals surface area contributed by atoms with Crippen molar-refractivity contribution in [3.63, 3.8) is 0 Å². The molecule has 2 aromatic heterocycles. The minimum Gasteiger partial charge on any atom is -0.387 e. The molecule has 0 aliphatic heterocycles.